The molecule has 32 heavy (non-hydrogen) atoms. The summed E-state index contributed by atoms with van der Waals surface area (Å²) in [6, 6.07) is 11.2. The van der Waals surface area contributed by atoms with Crippen molar-refractivity contribution in [3.8, 4) is 29.3 Å². The number of carbonyl (C=O) groups excluding carboxylic acids is 1. The number of likely N-dealkylation sites (N-methyl/N-ethyl adjacent to an activating group) is 1. The molecule has 0 unspecified atom stereocenters. The SMILES string of the molecule is CNC(=O)/C(=N/OC)c1ccc(F)cc1Oc1ncnc(Oc2cccc(C#N)c2)c1F. The van der Waals surface area contributed by atoms with Gasteiger partial charge in [-0.1, -0.05) is 11.2 Å². The molecule has 11 heteroatoms. The third-order valence-electron chi connectivity index (χ3n) is 3.93. The molecule has 2 aromatic carbocycles. The maximum absolute atomic E-state index is 15.0. The summed E-state index contributed by atoms with van der Waals surface area (Å²) in [4.78, 5) is 24.3. The molecule has 162 valence electrons. The Hall–Kier alpha value is -4.59. The minimum absolute atomic E-state index is 0.0230. The van der Waals surface area contributed by atoms with Crippen LogP contribution in [0.15, 0.2) is 53.9 Å². The zero-order valence-corrected chi connectivity index (χ0v) is 16.8. The maximum atomic E-state index is 15.0. The summed E-state index contributed by atoms with van der Waals surface area (Å²) in [5.74, 6) is -3.61. The minimum atomic E-state index is -1.09. The molecule has 1 heterocycles. The highest BCUT2D eigenvalue weighted by Crippen LogP contribution is 2.32. The molecule has 0 saturated carbocycles. The number of hydrogen-bond donors (Lipinski definition) is 1. The summed E-state index contributed by atoms with van der Waals surface area (Å²) in [7, 11) is 2.59. The van der Waals surface area contributed by atoms with Crippen LogP contribution in [0.25, 0.3) is 0 Å². The van der Waals surface area contributed by atoms with Crippen LogP contribution >= 0.6 is 0 Å². The molecule has 1 aromatic heterocycles. The second kappa shape index (κ2) is 9.94. The zero-order valence-electron chi connectivity index (χ0n) is 16.8. The van der Waals surface area contributed by atoms with E-state index in [9.17, 15) is 13.6 Å². The Bertz CT molecular complexity index is 1230. The number of ether oxygens (including phenoxy) is 2. The number of rotatable bonds is 7. The Labute approximate surface area is 180 Å². The first-order valence-corrected chi connectivity index (χ1v) is 8.96. The highest BCUT2D eigenvalue weighted by molar-refractivity contribution is 6.45. The number of amides is 1. The Morgan fingerprint density at radius 2 is 1.88 bits per heavy atom. The molecule has 0 spiro atoms. The minimum Gasteiger partial charge on any atom is -0.436 e. The molecule has 1 N–H and O–H groups in total. The fraction of sp³-hybridized carbons (Fsp3) is 0.0952. The van der Waals surface area contributed by atoms with Gasteiger partial charge in [0.2, 0.25) is 5.82 Å². The Kier molecular flexibility index (Phi) is 6.87. The molecule has 0 saturated heterocycles. The van der Waals surface area contributed by atoms with E-state index in [4.69, 9.17) is 14.7 Å². The number of aromatic nitrogens is 2. The number of nitrogens with zero attached hydrogens (tertiary/aromatic N) is 4. The second-order valence-corrected chi connectivity index (χ2v) is 5.98. The number of halogens is 2. The lowest BCUT2D eigenvalue weighted by atomic mass is 10.1. The van der Waals surface area contributed by atoms with Gasteiger partial charge in [-0.3, -0.25) is 4.79 Å². The molecule has 0 aliphatic heterocycles. The molecule has 3 rings (SSSR count). The van der Waals surface area contributed by atoms with Crippen molar-refractivity contribution < 1.29 is 27.9 Å². The van der Waals surface area contributed by atoms with E-state index in [0.29, 0.717) is 5.56 Å². The molecule has 0 fully saturated rings. The van der Waals surface area contributed by atoms with E-state index >= 15 is 0 Å². The summed E-state index contributed by atoms with van der Waals surface area (Å²) >= 11 is 0. The number of nitrogens with one attached hydrogen (secondary N) is 1. The average molecular weight is 439 g/mol. The lowest BCUT2D eigenvalue weighted by Crippen LogP contribution is -2.29. The van der Waals surface area contributed by atoms with Crippen LogP contribution in [0.5, 0.6) is 23.3 Å². The largest absolute Gasteiger partial charge is 0.436 e. The third kappa shape index (κ3) is 4.93. The van der Waals surface area contributed by atoms with Crippen LogP contribution in [0, 0.1) is 23.0 Å². The zero-order chi connectivity index (χ0) is 23.1. The van der Waals surface area contributed by atoms with Crippen LogP contribution in [0.3, 0.4) is 0 Å². The van der Waals surface area contributed by atoms with Gasteiger partial charge in [-0.25, -0.2) is 4.39 Å². The predicted molar refractivity (Wildman–Crippen MR) is 107 cm³/mol. The van der Waals surface area contributed by atoms with Gasteiger partial charge in [-0.05, 0) is 30.3 Å². The molecule has 0 bridgehead atoms. The van der Waals surface area contributed by atoms with E-state index in [1.54, 1.807) is 12.1 Å². The lowest BCUT2D eigenvalue weighted by molar-refractivity contribution is -0.114. The summed E-state index contributed by atoms with van der Waals surface area (Å²) in [5, 5.41) is 15.0. The molecule has 9 nitrogen and oxygen atoms in total. The number of carbonyl (C=O) groups is 1. The van der Waals surface area contributed by atoms with Crippen molar-refractivity contribution in [1.29, 1.82) is 5.26 Å². The number of oxime groups is 1. The molecule has 0 atom stereocenters. The van der Waals surface area contributed by atoms with Gasteiger partial charge in [0.15, 0.2) is 5.71 Å². The Morgan fingerprint density at radius 3 is 2.56 bits per heavy atom. The first-order chi connectivity index (χ1) is 15.5. The molecule has 3 aromatic rings. The van der Waals surface area contributed by atoms with Crippen LogP contribution in [0.2, 0.25) is 0 Å². The fourth-order valence-corrected chi connectivity index (χ4v) is 2.52. The van der Waals surface area contributed by atoms with Crippen molar-refractivity contribution in [3.05, 3.63) is 71.6 Å². The normalized spacial score (nSPS) is 10.8. The first kappa shape index (κ1) is 22.1. The highest BCUT2D eigenvalue weighted by Gasteiger charge is 2.22. The van der Waals surface area contributed by atoms with Crippen LogP contribution in [-0.4, -0.2) is 35.7 Å². The standard InChI is InChI=1S/C21H15F2N5O4/c1-25-19(29)18(28-30-2)15-7-6-13(22)9-16(15)32-21-17(23)20(26-11-27-21)31-14-5-3-4-12(8-14)10-24/h3-9,11H,1-2H3,(H,25,29)/b28-18+. The van der Waals surface area contributed by atoms with Gasteiger partial charge in [0.05, 0.1) is 17.2 Å². The third-order valence-corrected chi connectivity index (χ3v) is 3.93. The van der Waals surface area contributed by atoms with E-state index < -0.39 is 29.3 Å². The monoisotopic (exact) mass is 439 g/mol. The second-order valence-electron chi connectivity index (χ2n) is 5.98. The Morgan fingerprint density at radius 1 is 1.12 bits per heavy atom. The van der Waals surface area contributed by atoms with E-state index in [1.807, 2.05) is 6.07 Å². The fourth-order valence-electron chi connectivity index (χ4n) is 2.52. The summed E-state index contributed by atoms with van der Waals surface area (Å²) < 4.78 is 39.7. The van der Waals surface area contributed by atoms with Gasteiger partial charge in [-0.2, -0.15) is 19.6 Å². The molecular formula is C21H15F2N5O4. The molecule has 1 amide bonds. The van der Waals surface area contributed by atoms with Crippen molar-refractivity contribution in [2.45, 2.75) is 0 Å². The Balaban J connectivity index is 1.98. The van der Waals surface area contributed by atoms with E-state index in [1.165, 1.54) is 32.4 Å². The van der Waals surface area contributed by atoms with Crippen LogP contribution in [0.4, 0.5) is 8.78 Å². The van der Waals surface area contributed by atoms with Crippen molar-refractivity contribution in [2.75, 3.05) is 14.2 Å². The smallest absolute Gasteiger partial charge is 0.273 e. The summed E-state index contributed by atoms with van der Waals surface area (Å²) in [6.45, 7) is 0. The number of nitriles is 1. The van der Waals surface area contributed by atoms with E-state index in [2.05, 4.69) is 25.3 Å². The average Bonchev–Trinajstić information content (AvgIpc) is 2.80. The van der Waals surface area contributed by atoms with Gasteiger partial charge >= 0.3 is 0 Å². The number of hydrogen-bond acceptors (Lipinski definition) is 8. The maximum Gasteiger partial charge on any atom is 0.273 e. The van der Waals surface area contributed by atoms with Gasteiger partial charge < -0.3 is 19.6 Å². The number of benzene rings is 2. The quantitative estimate of drug-likeness (QED) is 0.443. The van der Waals surface area contributed by atoms with Crippen molar-refractivity contribution in [3.63, 3.8) is 0 Å². The van der Waals surface area contributed by atoms with Crippen molar-refractivity contribution in [2.24, 2.45) is 5.16 Å². The van der Waals surface area contributed by atoms with Crippen LogP contribution < -0.4 is 14.8 Å². The van der Waals surface area contributed by atoms with Gasteiger partial charge in [-0.15, -0.1) is 0 Å². The van der Waals surface area contributed by atoms with Gasteiger partial charge in [0.1, 0.15) is 30.8 Å². The molecular weight excluding hydrogens is 424 g/mol. The van der Waals surface area contributed by atoms with Gasteiger partial charge in [0.25, 0.3) is 17.7 Å². The van der Waals surface area contributed by atoms with Crippen LogP contribution in [-0.2, 0) is 9.63 Å². The van der Waals surface area contributed by atoms with Crippen molar-refractivity contribution in [1.82, 2.24) is 15.3 Å². The topological polar surface area (TPSA) is 119 Å². The van der Waals surface area contributed by atoms with E-state index in [-0.39, 0.29) is 22.8 Å². The summed E-state index contributed by atoms with van der Waals surface area (Å²) in [5.41, 5.74) is 0.0936. The van der Waals surface area contributed by atoms with Gasteiger partial charge in [0, 0.05) is 13.1 Å². The summed E-state index contributed by atoms with van der Waals surface area (Å²) in [6.07, 6.45) is 0.976. The highest BCUT2D eigenvalue weighted by atomic mass is 19.1. The van der Waals surface area contributed by atoms with Crippen molar-refractivity contribution >= 4 is 11.6 Å². The first-order valence-electron chi connectivity index (χ1n) is 8.96. The van der Waals surface area contributed by atoms with Crippen LogP contribution in [0.1, 0.15) is 11.1 Å². The molecule has 0 radical (unpaired) electrons. The van der Waals surface area contributed by atoms with E-state index in [0.717, 1.165) is 18.5 Å². The molecule has 0 aliphatic rings. The molecule has 0 aliphatic carbocycles. The lowest BCUT2D eigenvalue weighted by Gasteiger charge is -2.13. The predicted octanol–water partition coefficient (Wildman–Crippen LogP) is 3.31.